The Morgan fingerprint density at radius 3 is 2.59 bits per heavy atom. The Kier molecular flexibility index (Phi) is 4.08. The SMILES string of the molecule is COC12CCC3(CC1C(C)(O)C(C)(C)C)[C@H]1Cc4ccc(O)c5c4C3(CCN1CC1CC1)C2O5. The van der Waals surface area contributed by atoms with Crippen LogP contribution in [-0.4, -0.2) is 58.7 Å². The predicted molar refractivity (Wildman–Crippen MR) is 130 cm³/mol. The maximum atomic E-state index is 12.2. The highest BCUT2D eigenvalue weighted by Gasteiger charge is 2.82. The Bertz CT molecular complexity index is 1060. The Hall–Kier alpha value is -1.30. The average molecular weight is 468 g/mol. The number of ether oxygens (including phenoxy) is 2. The molecule has 1 aromatic carbocycles. The van der Waals surface area contributed by atoms with Crippen LogP contribution in [0.25, 0.3) is 0 Å². The predicted octanol–water partition coefficient (Wildman–Crippen LogP) is 4.41. The molecule has 2 spiro atoms. The Labute approximate surface area is 203 Å². The number of piperidine rings is 1. The highest BCUT2D eigenvalue weighted by atomic mass is 16.6. The molecule has 2 N–H and O–H groups in total. The first-order valence-electron chi connectivity index (χ1n) is 13.6. The van der Waals surface area contributed by atoms with E-state index in [2.05, 4.69) is 31.7 Å². The summed E-state index contributed by atoms with van der Waals surface area (Å²) in [5, 5.41) is 23.2. The molecule has 0 amide bonds. The van der Waals surface area contributed by atoms with E-state index in [0.717, 1.165) is 44.6 Å². The maximum absolute atomic E-state index is 12.2. The summed E-state index contributed by atoms with van der Waals surface area (Å²) in [4.78, 5) is 2.82. The highest BCUT2D eigenvalue weighted by Crippen LogP contribution is 2.78. The molecule has 0 radical (unpaired) electrons. The second kappa shape index (κ2) is 6.33. The fourth-order valence-electron chi connectivity index (χ4n) is 9.58. The molecule has 1 saturated heterocycles. The second-order valence-corrected chi connectivity index (χ2v) is 13.8. The molecule has 34 heavy (non-hydrogen) atoms. The summed E-state index contributed by atoms with van der Waals surface area (Å²) in [6.45, 7) is 10.8. The number of rotatable bonds is 4. The molecule has 4 bridgehead atoms. The van der Waals surface area contributed by atoms with Gasteiger partial charge in [0, 0.05) is 42.0 Å². The Morgan fingerprint density at radius 1 is 1.15 bits per heavy atom. The fourth-order valence-corrected chi connectivity index (χ4v) is 9.58. The number of phenolic OH excluding ortho intramolecular Hbond substituents is 1. The van der Waals surface area contributed by atoms with Crippen molar-refractivity contribution in [2.24, 2.45) is 22.7 Å². The zero-order valence-corrected chi connectivity index (χ0v) is 21.5. The lowest BCUT2D eigenvalue weighted by Crippen LogP contribution is -2.83. The molecule has 1 aromatic rings. The molecule has 7 aliphatic rings. The number of hydrogen-bond acceptors (Lipinski definition) is 5. The van der Waals surface area contributed by atoms with Gasteiger partial charge in [-0.05, 0) is 81.4 Å². The number of fused-ring (bicyclic) bond motifs is 2. The minimum Gasteiger partial charge on any atom is -0.504 e. The topological polar surface area (TPSA) is 62.2 Å². The van der Waals surface area contributed by atoms with Gasteiger partial charge < -0.3 is 19.7 Å². The minimum absolute atomic E-state index is 0.0294. The molecule has 5 aliphatic carbocycles. The van der Waals surface area contributed by atoms with Crippen LogP contribution in [0.4, 0.5) is 0 Å². The van der Waals surface area contributed by atoms with Gasteiger partial charge in [-0.25, -0.2) is 0 Å². The molecular weight excluding hydrogens is 426 g/mol. The minimum atomic E-state index is -0.909. The van der Waals surface area contributed by atoms with Crippen molar-refractivity contribution in [3.63, 3.8) is 0 Å². The summed E-state index contributed by atoms with van der Waals surface area (Å²) in [5.74, 6) is 1.80. The van der Waals surface area contributed by atoms with Crippen LogP contribution in [0.3, 0.4) is 0 Å². The van der Waals surface area contributed by atoms with Crippen molar-refractivity contribution in [2.45, 2.75) is 101 Å². The van der Waals surface area contributed by atoms with Crippen molar-refractivity contribution < 1.29 is 19.7 Å². The van der Waals surface area contributed by atoms with E-state index in [-0.39, 0.29) is 34.0 Å². The van der Waals surface area contributed by atoms with E-state index >= 15 is 0 Å². The van der Waals surface area contributed by atoms with E-state index in [1.807, 2.05) is 20.1 Å². The van der Waals surface area contributed by atoms with Crippen molar-refractivity contribution >= 4 is 0 Å². The van der Waals surface area contributed by atoms with Gasteiger partial charge in [-0.3, -0.25) is 4.90 Å². The molecule has 5 fully saturated rings. The second-order valence-electron chi connectivity index (χ2n) is 13.8. The molecule has 5 nitrogen and oxygen atoms in total. The number of benzene rings is 1. The Balaban J connectivity index is 1.47. The first kappa shape index (κ1) is 21.9. The van der Waals surface area contributed by atoms with E-state index in [4.69, 9.17) is 9.47 Å². The third-order valence-corrected chi connectivity index (χ3v) is 11.9. The number of methoxy groups -OCH3 is 1. The van der Waals surface area contributed by atoms with Gasteiger partial charge >= 0.3 is 0 Å². The summed E-state index contributed by atoms with van der Waals surface area (Å²) < 4.78 is 13.5. The quantitative estimate of drug-likeness (QED) is 0.687. The molecular formula is C29H41NO4. The number of hydrogen-bond donors (Lipinski definition) is 2. The highest BCUT2D eigenvalue weighted by molar-refractivity contribution is 5.63. The maximum Gasteiger partial charge on any atom is 0.165 e. The van der Waals surface area contributed by atoms with Crippen LogP contribution in [0.1, 0.15) is 77.3 Å². The van der Waals surface area contributed by atoms with Gasteiger partial charge in [-0.15, -0.1) is 0 Å². The van der Waals surface area contributed by atoms with Gasteiger partial charge in [0.2, 0.25) is 0 Å². The van der Waals surface area contributed by atoms with Gasteiger partial charge in [0.25, 0.3) is 0 Å². The van der Waals surface area contributed by atoms with Crippen LogP contribution in [0.15, 0.2) is 12.1 Å². The number of aliphatic hydroxyl groups is 1. The van der Waals surface area contributed by atoms with Crippen LogP contribution >= 0.6 is 0 Å². The normalized spacial score (nSPS) is 43.9. The van der Waals surface area contributed by atoms with Crippen LogP contribution in [0.2, 0.25) is 0 Å². The molecule has 186 valence electrons. The third kappa shape index (κ3) is 2.25. The van der Waals surface area contributed by atoms with Crippen LogP contribution in [0, 0.1) is 22.7 Å². The monoisotopic (exact) mass is 467 g/mol. The van der Waals surface area contributed by atoms with E-state index in [0.29, 0.717) is 11.8 Å². The summed E-state index contributed by atoms with van der Waals surface area (Å²) in [6.07, 6.45) is 7.64. The van der Waals surface area contributed by atoms with E-state index in [1.165, 1.54) is 30.5 Å². The zero-order valence-electron chi connectivity index (χ0n) is 21.5. The van der Waals surface area contributed by atoms with Crippen LogP contribution in [0.5, 0.6) is 11.5 Å². The van der Waals surface area contributed by atoms with Gasteiger partial charge in [0.1, 0.15) is 11.7 Å². The molecule has 5 heteroatoms. The lowest BCUT2D eigenvalue weighted by molar-refractivity contribution is -0.312. The fraction of sp³-hybridized carbons (Fsp3) is 0.793. The smallest absolute Gasteiger partial charge is 0.165 e. The Morgan fingerprint density at radius 2 is 1.91 bits per heavy atom. The molecule has 7 atom stereocenters. The lowest BCUT2D eigenvalue weighted by Gasteiger charge is -2.75. The molecule has 4 saturated carbocycles. The summed E-state index contributed by atoms with van der Waals surface area (Å²) >= 11 is 0. The van der Waals surface area contributed by atoms with Gasteiger partial charge in [0.15, 0.2) is 11.5 Å². The number of phenols is 1. The van der Waals surface area contributed by atoms with E-state index in [9.17, 15) is 10.2 Å². The van der Waals surface area contributed by atoms with Crippen LogP contribution < -0.4 is 4.74 Å². The van der Waals surface area contributed by atoms with Gasteiger partial charge in [0.05, 0.1) is 5.60 Å². The summed E-state index contributed by atoms with van der Waals surface area (Å²) in [5.41, 5.74) is 0.783. The summed E-state index contributed by atoms with van der Waals surface area (Å²) in [6, 6.07) is 4.46. The molecule has 8 rings (SSSR count). The lowest BCUT2D eigenvalue weighted by atomic mass is 9.33. The molecule has 2 aliphatic heterocycles. The van der Waals surface area contributed by atoms with E-state index in [1.54, 1.807) is 0 Å². The standard InChI is InChI=1S/C29H41NO4/c1-25(2,3)26(4,32)20-15-27-10-11-29(20,33-5)24-28(27)12-13-30(16-17-6-7-17)21(27)14-18-8-9-19(31)23(34-24)22(18)28/h8-9,17,20-21,24,31-32H,6-7,10-16H2,1-5H3/t20?,21-,24?,26?,27?,28?,29?/m1/s1. The number of likely N-dealkylation sites (tertiary alicyclic amines) is 1. The zero-order chi connectivity index (χ0) is 23.9. The average Bonchev–Trinajstić information content (AvgIpc) is 3.53. The van der Waals surface area contributed by atoms with Crippen molar-refractivity contribution in [1.29, 1.82) is 0 Å². The van der Waals surface area contributed by atoms with E-state index < -0.39 is 11.2 Å². The van der Waals surface area contributed by atoms with Crippen molar-refractivity contribution in [3.8, 4) is 11.5 Å². The number of nitrogens with zero attached hydrogens (tertiary/aromatic N) is 1. The van der Waals surface area contributed by atoms with Crippen LogP contribution in [-0.2, 0) is 16.6 Å². The van der Waals surface area contributed by atoms with Gasteiger partial charge in [-0.1, -0.05) is 26.8 Å². The first-order valence-corrected chi connectivity index (χ1v) is 13.6. The molecule has 2 heterocycles. The first-order chi connectivity index (χ1) is 16.0. The van der Waals surface area contributed by atoms with Crippen molar-refractivity contribution in [2.75, 3.05) is 20.2 Å². The summed E-state index contributed by atoms with van der Waals surface area (Å²) in [7, 11) is 1.83. The molecule has 0 aromatic heterocycles. The molecule has 6 unspecified atom stereocenters. The number of aromatic hydroxyl groups is 1. The van der Waals surface area contributed by atoms with Gasteiger partial charge in [-0.2, -0.15) is 0 Å². The van der Waals surface area contributed by atoms with Crippen molar-refractivity contribution in [3.05, 3.63) is 23.3 Å². The largest absolute Gasteiger partial charge is 0.504 e. The van der Waals surface area contributed by atoms with Crippen molar-refractivity contribution in [1.82, 2.24) is 4.90 Å². The third-order valence-electron chi connectivity index (χ3n) is 11.9.